The van der Waals surface area contributed by atoms with Crippen LogP contribution in [0.4, 0.5) is 0 Å². The summed E-state index contributed by atoms with van der Waals surface area (Å²) in [6.07, 6.45) is 2.78. The van der Waals surface area contributed by atoms with Gasteiger partial charge in [-0.3, -0.25) is 0 Å². The highest BCUT2D eigenvalue weighted by Gasteiger charge is 1.90. The van der Waals surface area contributed by atoms with Gasteiger partial charge in [0, 0.05) is 11.6 Å². The summed E-state index contributed by atoms with van der Waals surface area (Å²) in [4.78, 5) is 10.7. The van der Waals surface area contributed by atoms with Crippen molar-refractivity contribution in [3.05, 3.63) is 47.5 Å². The first-order valence-electron chi connectivity index (χ1n) is 4.55. The zero-order valence-corrected chi connectivity index (χ0v) is 8.78. The Morgan fingerprint density at radius 1 is 1.40 bits per heavy atom. The quantitative estimate of drug-likeness (QED) is 0.394. The minimum atomic E-state index is -0.394. The average Bonchev–Trinajstić information content (AvgIpc) is 2.26. The van der Waals surface area contributed by atoms with E-state index in [-0.39, 0.29) is 0 Å². The first kappa shape index (κ1) is 11.1. The lowest BCUT2D eigenvalue weighted by atomic mass is 10.1. The first-order valence-corrected chi connectivity index (χ1v) is 4.55. The van der Waals surface area contributed by atoms with Gasteiger partial charge in [0.05, 0.1) is 7.11 Å². The molecular formula is C13H12O2. The predicted molar refractivity (Wildman–Crippen MR) is 59.2 cm³/mol. The van der Waals surface area contributed by atoms with Crippen molar-refractivity contribution in [1.29, 1.82) is 0 Å². The number of allylic oxidation sites excluding steroid dienone is 1. The molecule has 2 heteroatoms. The van der Waals surface area contributed by atoms with Crippen LogP contribution in [-0.4, -0.2) is 13.1 Å². The number of aryl methyl sites for hydroxylation is 1. The van der Waals surface area contributed by atoms with E-state index < -0.39 is 5.97 Å². The van der Waals surface area contributed by atoms with E-state index in [4.69, 9.17) is 0 Å². The maximum Gasteiger partial charge on any atom is 0.331 e. The molecule has 0 aliphatic rings. The zero-order chi connectivity index (χ0) is 11.1. The Kier molecular flexibility index (Phi) is 4.18. The molecule has 0 aliphatic carbocycles. The van der Waals surface area contributed by atoms with Crippen LogP contribution in [0.1, 0.15) is 11.1 Å². The lowest BCUT2D eigenvalue weighted by Gasteiger charge is -1.93. The van der Waals surface area contributed by atoms with E-state index in [9.17, 15) is 4.79 Å². The van der Waals surface area contributed by atoms with Crippen LogP contribution in [0.15, 0.2) is 36.4 Å². The molecule has 0 bridgehead atoms. The number of hydrogen-bond acceptors (Lipinski definition) is 2. The maximum absolute atomic E-state index is 10.7. The topological polar surface area (TPSA) is 26.3 Å². The maximum atomic E-state index is 10.7. The van der Waals surface area contributed by atoms with Gasteiger partial charge in [0.15, 0.2) is 0 Å². The highest BCUT2D eigenvalue weighted by molar-refractivity contribution is 5.82. The monoisotopic (exact) mass is 200 g/mol. The Labute approximate surface area is 89.6 Å². The third-order valence-electron chi connectivity index (χ3n) is 1.86. The number of hydrogen-bond donors (Lipinski definition) is 0. The molecule has 0 heterocycles. The molecule has 0 N–H and O–H groups in total. The van der Waals surface area contributed by atoms with E-state index in [0.717, 1.165) is 11.1 Å². The lowest BCUT2D eigenvalue weighted by molar-refractivity contribution is -0.134. The highest BCUT2D eigenvalue weighted by Crippen LogP contribution is 2.04. The van der Waals surface area contributed by atoms with Crippen molar-refractivity contribution in [2.24, 2.45) is 0 Å². The molecule has 0 aliphatic heterocycles. The fraction of sp³-hybridized carbons (Fsp3) is 0.154. The van der Waals surface area contributed by atoms with E-state index in [1.54, 1.807) is 0 Å². The molecule has 2 nitrogen and oxygen atoms in total. The molecule has 0 unspecified atom stereocenters. The van der Waals surface area contributed by atoms with Crippen LogP contribution in [0.5, 0.6) is 0 Å². The summed E-state index contributed by atoms with van der Waals surface area (Å²) in [7, 11) is 1.33. The molecule has 0 fully saturated rings. The smallest absolute Gasteiger partial charge is 0.331 e. The number of benzene rings is 1. The molecule has 1 rings (SSSR count). The van der Waals surface area contributed by atoms with Crippen LogP contribution < -0.4 is 0 Å². The Bertz CT molecular complexity index is 433. The van der Waals surface area contributed by atoms with Crippen molar-refractivity contribution in [3.63, 3.8) is 0 Å². The first-order chi connectivity index (χ1) is 7.24. The van der Waals surface area contributed by atoms with Gasteiger partial charge in [-0.25, -0.2) is 4.79 Å². The van der Waals surface area contributed by atoms with Gasteiger partial charge in [0.2, 0.25) is 0 Å². The molecule has 15 heavy (non-hydrogen) atoms. The summed E-state index contributed by atoms with van der Waals surface area (Å²) >= 11 is 0. The van der Waals surface area contributed by atoms with Crippen LogP contribution in [0.3, 0.4) is 0 Å². The molecule has 0 spiro atoms. The van der Waals surface area contributed by atoms with Crippen molar-refractivity contribution in [2.75, 3.05) is 7.11 Å². The van der Waals surface area contributed by atoms with Crippen LogP contribution in [0.25, 0.3) is 0 Å². The van der Waals surface area contributed by atoms with Gasteiger partial charge in [-0.15, -0.1) is 0 Å². The summed E-state index contributed by atoms with van der Waals surface area (Å²) in [5.41, 5.74) is 2.09. The lowest BCUT2D eigenvalue weighted by Crippen LogP contribution is -1.92. The summed E-state index contributed by atoms with van der Waals surface area (Å²) < 4.78 is 4.43. The van der Waals surface area contributed by atoms with Crippen LogP contribution in [-0.2, 0) is 9.53 Å². The number of carbonyl (C=O) groups excluding carboxylic acids is 1. The third-order valence-corrected chi connectivity index (χ3v) is 1.86. The number of carbonyl (C=O) groups is 1. The minimum Gasteiger partial charge on any atom is -0.466 e. The van der Waals surface area contributed by atoms with Gasteiger partial charge in [0.25, 0.3) is 0 Å². The van der Waals surface area contributed by atoms with Crippen molar-refractivity contribution in [3.8, 4) is 11.8 Å². The molecular weight excluding hydrogens is 188 g/mol. The van der Waals surface area contributed by atoms with Crippen LogP contribution in [0.2, 0.25) is 0 Å². The molecule has 0 amide bonds. The van der Waals surface area contributed by atoms with E-state index in [1.807, 2.05) is 31.2 Å². The van der Waals surface area contributed by atoms with Crippen LogP contribution >= 0.6 is 0 Å². The number of methoxy groups -OCH3 is 1. The van der Waals surface area contributed by atoms with Gasteiger partial charge in [-0.2, -0.15) is 0 Å². The Morgan fingerprint density at radius 2 is 2.13 bits per heavy atom. The minimum absolute atomic E-state index is 0.394. The molecule has 0 saturated carbocycles. The Morgan fingerprint density at radius 3 is 2.80 bits per heavy atom. The van der Waals surface area contributed by atoms with Crippen molar-refractivity contribution >= 4 is 5.97 Å². The second-order valence-corrected chi connectivity index (χ2v) is 2.94. The van der Waals surface area contributed by atoms with Gasteiger partial charge < -0.3 is 4.74 Å². The molecule has 0 saturated heterocycles. The van der Waals surface area contributed by atoms with E-state index in [0.29, 0.717) is 0 Å². The highest BCUT2D eigenvalue weighted by atomic mass is 16.5. The standard InChI is InChI=1S/C13H12O2/c1-11-7-3-4-8-12(11)9-5-6-10-13(14)15-2/h3-4,6-8,10H,1-2H3/b10-6+. The van der Waals surface area contributed by atoms with Crippen molar-refractivity contribution < 1.29 is 9.53 Å². The predicted octanol–water partition coefficient (Wildman–Crippen LogP) is 2.08. The Hall–Kier alpha value is -2.01. The molecule has 1 aromatic rings. The molecule has 1 aromatic carbocycles. The number of rotatable bonds is 1. The van der Waals surface area contributed by atoms with Gasteiger partial charge in [0.1, 0.15) is 0 Å². The fourth-order valence-corrected chi connectivity index (χ4v) is 1.01. The third kappa shape index (κ3) is 3.70. The fourth-order valence-electron chi connectivity index (χ4n) is 1.01. The largest absolute Gasteiger partial charge is 0.466 e. The van der Waals surface area contributed by atoms with Crippen molar-refractivity contribution in [1.82, 2.24) is 0 Å². The molecule has 0 atom stereocenters. The molecule has 0 aromatic heterocycles. The molecule has 0 radical (unpaired) electrons. The van der Waals surface area contributed by atoms with Gasteiger partial charge >= 0.3 is 5.97 Å². The van der Waals surface area contributed by atoms with E-state index in [1.165, 1.54) is 19.3 Å². The molecule has 76 valence electrons. The Balaban J connectivity index is 2.71. The van der Waals surface area contributed by atoms with Gasteiger partial charge in [-0.05, 0) is 24.6 Å². The van der Waals surface area contributed by atoms with Gasteiger partial charge in [-0.1, -0.05) is 30.0 Å². The number of ether oxygens (including phenoxy) is 1. The summed E-state index contributed by atoms with van der Waals surface area (Å²) in [5, 5.41) is 0. The summed E-state index contributed by atoms with van der Waals surface area (Å²) in [5.74, 6) is 5.33. The SMILES string of the molecule is COC(=O)/C=C/C#Cc1ccccc1C. The number of esters is 1. The summed E-state index contributed by atoms with van der Waals surface area (Å²) in [6, 6.07) is 7.83. The van der Waals surface area contributed by atoms with E-state index in [2.05, 4.69) is 16.6 Å². The normalized spacial score (nSPS) is 9.47. The van der Waals surface area contributed by atoms with E-state index >= 15 is 0 Å². The van der Waals surface area contributed by atoms with Crippen LogP contribution in [0, 0.1) is 18.8 Å². The summed E-state index contributed by atoms with van der Waals surface area (Å²) in [6.45, 7) is 1.99. The average molecular weight is 200 g/mol. The second kappa shape index (κ2) is 5.66. The van der Waals surface area contributed by atoms with Crippen molar-refractivity contribution in [2.45, 2.75) is 6.92 Å². The second-order valence-electron chi connectivity index (χ2n) is 2.94. The zero-order valence-electron chi connectivity index (χ0n) is 8.78.